The summed E-state index contributed by atoms with van der Waals surface area (Å²) in [4.78, 5) is 7.45. The summed E-state index contributed by atoms with van der Waals surface area (Å²) in [5.74, 6) is 0. The highest BCUT2D eigenvalue weighted by molar-refractivity contribution is 6.66. The molecule has 7 heteroatoms. The minimum Gasteiger partial charge on any atom is -0.393 e. The summed E-state index contributed by atoms with van der Waals surface area (Å²) in [6.07, 6.45) is 1.13. The minimum atomic E-state index is -1.94. The van der Waals surface area contributed by atoms with E-state index in [4.69, 9.17) is 8.85 Å². The van der Waals surface area contributed by atoms with Crippen LogP contribution in [0.25, 0.3) is 0 Å². The molecule has 0 saturated heterocycles. The summed E-state index contributed by atoms with van der Waals surface area (Å²) in [5.41, 5.74) is 0. The highest BCUT2D eigenvalue weighted by Crippen LogP contribution is 2.15. The molecule has 5 nitrogen and oxygen atoms in total. The zero-order chi connectivity index (χ0) is 17.6. The van der Waals surface area contributed by atoms with Gasteiger partial charge in [0.25, 0.3) is 0 Å². The lowest BCUT2D eigenvalue weighted by Crippen LogP contribution is -2.41. The molecule has 0 radical (unpaired) electrons. The Bertz CT molecular complexity index is 229. The molecule has 0 amide bonds. The standard InChI is InChI=1S/C12H30N2O2Si.C3H11NSi/c1-7-12-17(6,15-10-8-13(2)3)16-11-9-14(4)5;1-4-5(2)3/h7-12H2,1-6H3;4-5H,1-3H3. The van der Waals surface area contributed by atoms with Crippen LogP contribution < -0.4 is 4.98 Å². The molecule has 22 heavy (non-hydrogen) atoms. The van der Waals surface area contributed by atoms with Crippen LogP contribution in [0.1, 0.15) is 13.3 Å². The molecule has 0 unspecified atom stereocenters. The molecule has 0 spiro atoms. The molecular weight excluding hydrogens is 310 g/mol. The molecule has 0 bridgehead atoms. The average molecular weight is 352 g/mol. The van der Waals surface area contributed by atoms with Crippen molar-refractivity contribution in [1.82, 2.24) is 14.8 Å². The van der Waals surface area contributed by atoms with Crippen molar-refractivity contribution >= 4 is 17.5 Å². The number of nitrogens with zero attached hydrogens (tertiary/aromatic N) is 2. The second kappa shape index (κ2) is 14.8. The number of nitrogens with one attached hydrogen (secondary N) is 1. The Morgan fingerprint density at radius 1 is 0.955 bits per heavy atom. The van der Waals surface area contributed by atoms with Crippen LogP contribution in [-0.2, 0) is 8.85 Å². The van der Waals surface area contributed by atoms with E-state index < -0.39 is 17.5 Å². The van der Waals surface area contributed by atoms with Crippen molar-refractivity contribution in [2.75, 3.05) is 61.5 Å². The van der Waals surface area contributed by atoms with Crippen molar-refractivity contribution in [1.29, 1.82) is 0 Å². The van der Waals surface area contributed by atoms with Crippen LogP contribution in [0.15, 0.2) is 0 Å². The smallest absolute Gasteiger partial charge is 0.335 e. The third-order valence-corrected chi connectivity index (χ3v) is 7.37. The lowest BCUT2D eigenvalue weighted by atomic mass is 10.6. The zero-order valence-corrected chi connectivity index (χ0v) is 18.7. The van der Waals surface area contributed by atoms with Crippen LogP contribution in [0.4, 0.5) is 0 Å². The number of hydrogen-bond donors (Lipinski definition) is 1. The van der Waals surface area contributed by atoms with Crippen molar-refractivity contribution in [2.45, 2.75) is 39.0 Å². The van der Waals surface area contributed by atoms with E-state index in [2.05, 4.69) is 69.5 Å². The summed E-state index contributed by atoms with van der Waals surface area (Å²) in [6, 6.07) is 1.08. The maximum atomic E-state index is 6.02. The molecule has 1 N–H and O–H groups in total. The van der Waals surface area contributed by atoms with Crippen molar-refractivity contribution in [2.24, 2.45) is 0 Å². The van der Waals surface area contributed by atoms with Gasteiger partial charge >= 0.3 is 8.56 Å². The molecule has 136 valence electrons. The van der Waals surface area contributed by atoms with Gasteiger partial charge in [0.2, 0.25) is 0 Å². The first-order valence-corrected chi connectivity index (χ1v) is 13.8. The van der Waals surface area contributed by atoms with Gasteiger partial charge in [-0.15, -0.1) is 0 Å². The SMILES string of the molecule is CCC[Si](C)(OCCN(C)C)OCCN(C)C.CN[SiH](C)C. The van der Waals surface area contributed by atoms with Crippen molar-refractivity contribution in [3.63, 3.8) is 0 Å². The first kappa shape index (κ1) is 24.5. The van der Waals surface area contributed by atoms with Gasteiger partial charge < -0.3 is 23.6 Å². The number of hydrogen-bond acceptors (Lipinski definition) is 5. The molecule has 0 fully saturated rings. The van der Waals surface area contributed by atoms with E-state index >= 15 is 0 Å². The van der Waals surface area contributed by atoms with Gasteiger partial charge in [-0.05, 0) is 47.8 Å². The van der Waals surface area contributed by atoms with E-state index in [1.54, 1.807) is 0 Å². The van der Waals surface area contributed by atoms with E-state index in [1.807, 2.05) is 7.05 Å². The third kappa shape index (κ3) is 18.3. The lowest BCUT2D eigenvalue weighted by molar-refractivity contribution is 0.149. The lowest BCUT2D eigenvalue weighted by Gasteiger charge is -2.28. The van der Waals surface area contributed by atoms with Gasteiger partial charge in [0, 0.05) is 26.3 Å². The average Bonchev–Trinajstić information content (AvgIpc) is 2.38. The Labute approximate surface area is 142 Å². The summed E-state index contributed by atoms with van der Waals surface area (Å²) in [7, 11) is 7.93. The Kier molecular flexibility index (Phi) is 16.5. The Balaban J connectivity index is 0. The topological polar surface area (TPSA) is 37.0 Å². The fourth-order valence-corrected chi connectivity index (χ4v) is 3.85. The Morgan fingerprint density at radius 3 is 1.55 bits per heavy atom. The Morgan fingerprint density at radius 2 is 1.32 bits per heavy atom. The normalized spacial score (nSPS) is 12.0. The monoisotopic (exact) mass is 351 g/mol. The molecule has 0 heterocycles. The maximum absolute atomic E-state index is 6.02. The van der Waals surface area contributed by atoms with Gasteiger partial charge in [0.1, 0.15) is 8.96 Å². The number of rotatable bonds is 11. The van der Waals surface area contributed by atoms with Gasteiger partial charge in [0.15, 0.2) is 0 Å². The summed E-state index contributed by atoms with van der Waals surface area (Å²) in [5, 5.41) is 0. The first-order valence-electron chi connectivity index (χ1n) is 8.41. The largest absolute Gasteiger partial charge is 0.393 e. The van der Waals surface area contributed by atoms with Gasteiger partial charge in [0.05, 0.1) is 0 Å². The molecule has 0 aliphatic carbocycles. The van der Waals surface area contributed by atoms with E-state index in [0.717, 1.165) is 38.8 Å². The van der Waals surface area contributed by atoms with Crippen LogP contribution in [0, 0.1) is 0 Å². The summed E-state index contributed by atoms with van der Waals surface area (Å²) >= 11 is 0. The highest BCUT2D eigenvalue weighted by atomic mass is 28.4. The van der Waals surface area contributed by atoms with E-state index in [0.29, 0.717) is 0 Å². The maximum Gasteiger partial charge on any atom is 0.335 e. The van der Waals surface area contributed by atoms with E-state index in [1.165, 1.54) is 0 Å². The third-order valence-electron chi connectivity index (χ3n) is 3.17. The molecular formula is C15H41N3O2Si2. The number of likely N-dealkylation sites (N-methyl/N-ethyl adjacent to an activating group) is 2. The molecule has 0 aliphatic heterocycles. The molecule has 0 rings (SSSR count). The van der Waals surface area contributed by atoms with Crippen molar-refractivity contribution in [3.8, 4) is 0 Å². The molecule has 0 aromatic heterocycles. The van der Waals surface area contributed by atoms with Gasteiger partial charge in [-0.2, -0.15) is 0 Å². The van der Waals surface area contributed by atoms with Gasteiger partial charge in [-0.3, -0.25) is 0 Å². The van der Waals surface area contributed by atoms with Gasteiger partial charge in [-0.1, -0.05) is 26.4 Å². The second-order valence-electron chi connectivity index (χ2n) is 6.63. The Hall–Kier alpha value is 0.234. The quantitative estimate of drug-likeness (QED) is 0.575. The van der Waals surface area contributed by atoms with Crippen molar-refractivity contribution in [3.05, 3.63) is 0 Å². The predicted molar refractivity (Wildman–Crippen MR) is 104 cm³/mol. The van der Waals surface area contributed by atoms with E-state index in [9.17, 15) is 0 Å². The van der Waals surface area contributed by atoms with Crippen LogP contribution in [0.5, 0.6) is 0 Å². The van der Waals surface area contributed by atoms with Crippen LogP contribution in [-0.4, -0.2) is 88.9 Å². The van der Waals surface area contributed by atoms with Crippen molar-refractivity contribution < 1.29 is 8.85 Å². The molecule has 0 aromatic rings. The predicted octanol–water partition coefficient (Wildman–Crippen LogP) is 1.81. The fraction of sp³-hybridized carbons (Fsp3) is 1.00. The zero-order valence-electron chi connectivity index (χ0n) is 16.5. The van der Waals surface area contributed by atoms with Crippen LogP contribution >= 0.6 is 0 Å². The van der Waals surface area contributed by atoms with Crippen LogP contribution in [0.2, 0.25) is 25.7 Å². The first-order chi connectivity index (χ1) is 10.2. The molecule has 0 aliphatic rings. The molecule has 0 aromatic carbocycles. The summed E-state index contributed by atoms with van der Waals surface area (Å²) in [6.45, 7) is 12.3. The minimum absolute atomic E-state index is 0.400. The van der Waals surface area contributed by atoms with Gasteiger partial charge in [-0.25, -0.2) is 0 Å². The van der Waals surface area contributed by atoms with Crippen LogP contribution in [0.3, 0.4) is 0 Å². The molecule has 0 saturated carbocycles. The summed E-state index contributed by atoms with van der Waals surface area (Å²) < 4.78 is 12.0. The highest BCUT2D eigenvalue weighted by Gasteiger charge is 2.30. The second-order valence-corrected chi connectivity index (χ2v) is 12.9. The fourth-order valence-electron chi connectivity index (χ4n) is 1.53. The van der Waals surface area contributed by atoms with E-state index in [-0.39, 0.29) is 0 Å². The molecule has 0 atom stereocenters.